The van der Waals surface area contributed by atoms with Crippen LogP contribution < -0.4 is 0 Å². The molecule has 1 N–H and O–H groups in total. The van der Waals surface area contributed by atoms with E-state index < -0.39 is 0 Å². The molecule has 19 heavy (non-hydrogen) atoms. The van der Waals surface area contributed by atoms with Crippen molar-refractivity contribution in [1.82, 2.24) is 0 Å². The van der Waals surface area contributed by atoms with Crippen molar-refractivity contribution in [2.75, 3.05) is 6.61 Å². The molecule has 4 fully saturated rings. The SMILES string of the molecule is C=C(C)C(=O)OC(CO)C12CC3CC(CC(C3)C1)C2. The molecule has 0 spiro atoms. The van der Waals surface area contributed by atoms with Crippen molar-refractivity contribution in [2.24, 2.45) is 23.2 Å². The minimum atomic E-state index is -0.352. The molecule has 0 amide bonds. The first-order valence-electron chi connectivity index (χ1n) is 7.50. The van der Waals surface area contributed by atoms with Crippen molar-refractivity contribution >= 4 is 5.97 Å². The lowest BCUT2D eigenvalue weighted by Crippen LogP contribution is -2.53. The molecule has 0 saturated heterocycles. The summed E-state index contributed by atoms with van der Waals surface area (Å²) in [7, 11) is 0. The van der Waals surface area contributed by atoms with Gasteiger partial charge in [0.05, 0.1) is 6.61 Å². The summed E-state index contributed by atoms with van der Waals surface area (Å²) in [5.74, 6) is 2.03. The summed E-state index contributed by atoms with van der Waals surface area (Å²) in [5.41, 5.74) is 0.470. The van der Waals surface area contributed by atoms with Gasteiger partial charge in [-0.15, -0.1) is 0 Å². The summed E-state index contributed by atoms with van der Waals surface area (Å²) in [5, 5.41) is 9.71. The summed E-state index contributed by atoms with van der Waals surface area (Å²) in [6.45, 7) is 5.25. The van der Waals surface area contributed by atoms with Crippen molar-refractivity contribution in [2.45, 2.75) is 51.6 Å². The van der Waals surface area contributed by atoms with Gasteiger partial charge in [0.25, 0.3) is 0 Å². The molecule has 106 valence electrons. The van der Waals surface area contributed by atoms with E-state index in [1.165, 1.54) is 19.3 Å². The lowest BCUT2D eigenvalue weighted by atomic mass is 9.48. The summed E-state index contributed by atoms with van der Waals surface area (Å²) in [4.78, 5) is 11.8. The van der Waals surface area contributed by atoms with E-state index in [9.17, 15) is 9.90 Å². The Kier molecular flexibility index (Phi) is 3.20. The van der Waals surface area contributed by atoms with E-state index in [1.807, 2.05) is 0 Å². The normalized spacial score (nSPS) is 41.1. The van der Waals surface area contributed by atoms with E-state index in [0.29, 0.717) is 5.57 Å². The van der Waals surface area contributed by atoms with Crippen molar-refractivity contribution in [3.8, 4) is 0 Å². The maximum absolute atomic E-state index is 11.8. The zero-order chi connectivity index (χ0) is 13.6. The average molecular weight is 264 g/mol. The third-order valence-corrected chi connectivity index (χ3v) is 5.53. The molecule has 4 aliphatic rings. The number of carbonyl (C=O) groups is 1. The molecular formula is C16H24O3. The highest BCUT2D eigenvalue weighted by Crippen LogP contribution is 2.61. The second-order valence-electron chi connectivity index (χ2n) is 7.14. The Morgan fingerprint density at radius 1 is 1.26 bits per heavy atom. The molecular weight excluding hydrogens is 240 g/mol. The van der Waals surface area contributed by atoms with Gasteiger partial charge >= 0.3 is 5.97 Å². The highest BCUT2D eigenvalue weighted by Gasteiger charge is 2.55. The van der Waals surface area contributed by atoms with Gasteiger partial charge in [0.15, 0.2) is 0 Å². The molecule has 3 heteroatoms. The predicted octanol–water partition coefficient (Wildman–Crippen LogP) is 2.68. The van der Waals surface area contributed by atoms with Crippen molar-refractivity contribution in [3.63, 3.8) is 0 Å². The van der Waals surface area contributed by atoms with Crippen LogP contribution in [0.4, 0.5) is 0 Å². The third-order valence-electron chi connectivity index (χ3n) is 5.53. The molecule has 0 aliphatic heterocycles. The highest BCUT2D eigenvalue weighted by molar-refractivity contribution is 5.87. The smallest absolute Gasteiger partial charge is 0.333 e. The van der Waals surface area contributed by atoms with Crippen LogP contribution in [-0.4, -0.2) is 23.8 Å². The molecule has 0 aromatic carbocycles. The molecule has 4 saturated carbocycles. The summed E-state index contributed by atoms with van der Waals surface area (Å²) in [6, 6.07) is 0. The zero-order valence-corrected chi connectivity index (χ0v) is 11.7. The lowest BCUT2D eigenvalue weighted by molar-refractivity contribution is -0.175. The number of aliphatic hydroxyl groups excluding tert-OH is 1. The molecule has 0 aromatic rings. The summed E-state index contributed by atoms with van der Waals surface area (Å²) < 4.78 is 5.56. The number of rotatable bonds is 4. The molecule has 4 aliphatic carbocycles. The number of esters is 1. The van der Waals surface area contributed by atoms with Crippen LogP contribution >= 0.6 is 0 Å². The van der Waals surface area contributed by atoms with E-state index >= 15 is 0 Å². The third kappa shape index (κ3) is 2.22. The number of aliphatic hydroxyl groups is 1. The predicted molar refractivity (Wildman–Crippen MR) is 72.4 cm³/mol. The maximum Gasteiger partial charge on any atom is 0.333 e. The van der Waals surface area contributed by atoms with Gasteiger partial charge < -0.3 is 9.84 Å². The first-order valence-corrected chi connectivity index (χ1v) is 7.50. The van der Waals surface area contributed by atoms with E-state index in [2.05, 4.69) is 6.58 Å². The lowest BCUT2D eigenvalue weighted by Gasteiger charge is -2.58. The van der Waals surface area contributed by atoms with Crippen LogP contribution in [0.5, 0.6) is 0 Å². The summed E-state index contributed by atoms with van der Waals surface area (Å²) >= 11 is 0. The van der Waals surface area contributed by atoms with Crippen molar-refractivity contribution < 1.29 is 14.6 Å². The molecule has 0 heterocycles. The number of ether oxygens (including phenoxy) is 1. The van der Waals surface area contributed by atoms with Gasteiger partial charge in [-0.2, -0.15) is 0 Å². The Bertz CT molecular complexity index is 364. The van der Waals surface area contributed by atoms with Crippen molar-refractivity contribution in [1.29, 1.82) is 0 Å². The topological polar surface area (TPSA) is 46.5 Å². The Hall–Kier alpha value is -0.830. The number of carbonyl (C=O) groups excluding carboxylic acids is 1. The van der Waals surface area contributed by atoms with Gasteiger partial charge in [-0.25, -0.2) is 4.79 Å². The standard InChI is InChI=1S/C16H24O3/c1-10(2)15(18)19-14(9-17)16-6-11-3-12(7-16)5-13(4-11)8-16/h11-14,17H,1,3-9H2,2H3. The molecule has 0 aromatic heterocycles. The second-order valence-corrected chi connectivity index (χ2v) is 7.14. The van der Waals surface area contributed by atoms with Crippen molar-refractivity contribution in [3.05, 3.63) is 12.2 Å². The zero-order valence-electron chi connectivity index (χ0n) is 11.7. The Morgan fingerprint density at radius 3 is 2.11 bits per heavy atom. The molecule has 4 bridgehead atoms. The molecule has 0 radical (unpaired) electrons. The Morgan fingerprint density at radius 2 is 1.74 bits per heavy atom. The molecule has 4 rings (SSSR count). The minimum Gasteiger partial charge on any atom is -0.456 e. The molecule has 1 atom stereocenters. The largest absolute Gasteiger partial charge is 0.456 e. The van der Waals surface area contributed by atoms with Crippen LogP contribution in [0.1, 0.15) is 45.4 Å². The van der Waals surface area contributed by atoms with Crippen LogP contribution in [0.25, 0.3) is 0 Å². The van der Waals surface area contributed by atoms with Gasteiger partial charge in [-0.05, 0) is 63.2 Å². The van der Waals surface area contributed by atoms with Crippen LogP contribution in [-0.2, 0) is 9.53 Å². The van der Waals surface area contributed by atoms with Gasteiger partial charge in [0.2, 0.25) is 0 Å². The fourth-order valence-electron chi connectivity index (χ4n) is 5.16. The Labute approximate surface area is 115 Å². The number of hydrogen-bond donors (Lipinski definition) is 1. The Balaban J connectivity index is 1.78. The van der Waals surface area contributed by atoms with Crippen LogP contribution in [0.15, 0.2) is 12.2 Å². The average Bonchev–Trinajstić information content (AvgIpc) is 2.33. The fourth-order valence-corrected chi connectivity index (χ4v) is 5.16. The van der Waals surface area contributed by atoms with Gasteiger partial charge in [-0.1, -0.05) is 6.58 Å². The summed E-state index contributed by atoms with van der Waals surface area (Å²) in [6.07, 6.45) is 7.13. The van der Waals surface area contributed by atoms with E-state index in [1.54, 1.807) is 6.92 Å². The first-order chi connectivity index (χ1) is 9.02. The number of hydrogen-bond acceptors (Lipinski definition) is 3. The fraction of sp³-hybridized carbons (Fsp3) is 0.812. The quantitative estimate of drug-likeness (QED) is 0.627. The van der Waals surface area contributed by atoms with E-state index in [-0.39, 0.29) is 24.1 Å². The highest BCUT2D eigenvalue weighted by atomic mass is 16.6. The van der Waals surface area contributed by atoms with Crippen LogP contribution in [0.2, 0.25) is 0 Å². The van der Waals surface area contributed by atoms with Crippen LogP contribution in [0, 0.1) is 23.2 Å². The molecule has 1 unspecified atom stereocenters. The first kappa shape index (κ1) is 13.2. The second kappa shape index (κ2) is 4.62. The minimum absolute atomic E-state index is 0.0502. The van der Waals surface area contributed by atoms with Gasteiger partial charge in [0, 0.05) is 11.0 Å². The van der Waals surface area contributed by atoms with Gasteiger partial charge in [-0.3, -0.25) is 0 Å². The monoisotopic (exact) mass is 264 g/mol. The van der Waals surface area contributed by atoms with Crippen LogP contribution in [0.3, 0.4) is 0 Å². The van der Waals surface area contributed by atoms with Gasteiger partial charge in [0.1, 0.15) is 6.10 Å². The van der Waals surface area contributed by atoms with E-state index in [0.717, 1.165) is 37.0 Å². The van der Waals surface area contributed by atoms with E-state index in [4.69, 9.17) is 4.74 Å². The molecule has 3 nitrogen and oxygen atoms in total. The maximum atomic E-state index is 11.8.